The van der Waals surface area contributed by atoms with E-state index in [1.54, 1.807) is 0 Å². The van der Waals surface area contributed by atoms with Crippen LogP contribution in [0.4, 0.5) is 0 Å². The summed E-state index contributed by atoms with van der Waals surface area (Å²) in [5.74, 6) is 3.10. The van der Waals surface area contributed by atoms with E-state index in [4.69, 9.17) is 19.4 Å². The number of benzene rings is 6. The molecule has 1 aliphatic heterocycles. The Morgan fingerprint density at radius 1 is 0.490 bits per heavy atom. The molecule has 0 radical (unpaired) electrons. The number of aliphatic imine (C=N–C) groups is 1. The van der Waals surface area contributed by atoms with E-state index in [-0.39, 0.29) is 11.8 Å². The minimum Gasteiger partial charge on any atom is -0.456 e. The first-order valence-corrected chi connectivity index (χ1v) is 16.5. The van der Waals surface area contributed by atoms with Gasteiger partial charge >= 0.3 is 0 Å². The van der Waals surface area contributed by atoms with Gasteiger partial charge in [0.25, 0.3) is 0 Å². The zero-order valence-electron chi connectivity index (χ0n) is 26.4. The van der Waals surface area contributed by atoms with Crippen LogP contribution in [-0.4, -0.2) is 21.2 Å². The van der Waals surface area contributed by atoms with Gasteiger partial charge in [-0.25, -0.2) is 15.0 Å². The van der Waals surface area contributed by atoms with E-state index in [9.17, 15) is 0 Å². The van der Waals surface area contributed by atoms with Crippen LogP contribution in [0.3, 0.4) is 0 Å². The summed E-state index contributed by atoms with van der Waals surface area (Å²) in [6.07, 6.45) is 8.35. The molecule has 230 valence electrons. The van der Waals surface area contributed by atoms with Crippen molar-refractivity contribution in [3.63, 3.8) is 0 Å². The molecule has 5 nitrogen and oxygen atoms in total. The fraction of sp³-hybridized carbons (Fsp3) is 0.0455. The Morgan fingerprint density at radius 2 is 1.04 bits per heavy atom. The average Bonchev–Trinajstić information content (AvgIpc) is 3.56. The van der Waals surface area contributed by atoms with Gasteiger partial charge in [-0.15, -0.1) is 0 Å². The molecule has 5 heteroatoms. The van der Waals surface area contributed by atoms with Crippen molar-refractivity contribution in [3.05, 3.63) is 163 Å². The van der Waals surface area contributed by atoms with E-state index in [0.29, 0.717) is 17.5 Å². The third-order valence-corrected chi connectivity index (χ3v) is 9.78. The maximum Gasteiger partial charge on any atom is 0.164 e. The Kier molecular flexibility index (Phi) is 6.24. The Balaban J connectivity index is 1.09. The largest absolute Gasteiger partial charge is 0.456 e. The van der Waals surface area contributed by atoms with Crippen LogP contribution in [0.5, 0.6) is 0 Å². The molecule has 0 fully saturated rings. The van der Waals surface area contributed by atoms with Crippen molar-refractivity contribution in [2.45, 2.75) is 5.92 Å². The minimum atomic E-state index is 0.112. The molecule has 0 saturated heterocycles. The quantitative estimate of drug-likeness (QED) is 0.195. The molecule has 2 unspecified atom stereocenters. The first-order chi connectivity index (χ1) is 24.2. The Morgan fingerprint density at radius 3 is 1.71 bits per heavy atom. The number of nitrogens with zero attached hydrogens (tertiary/aromatic N) is 4. The molecule has 0 N–H and O–H groups in total. The first-order valence-electron chi connectivity index (χ1n) is 16.5. The molecule has 49 heavy (non-hydrogen) atoms. The van der Waals surface area contributed by atoms with Gasteiger partial charge in [-0.2, -0.15) is 0 Å². The van der Waals surface area contributed by atoms with E-state index >= 15 is 0 Å². The van der Waals surface area contributed by atoms with E-state index in [0.717, 1.165) is 49.8 Å². The van der Waals surface area contributed by atoms with E-state index in [1.165, 1.54) is 21.9 Å². The monoisotopic (exact) mass is 628 g/mol. The lowest BCUT2D eigenvalue weighted by Gasteiger charge is -2.30. The zero-order chi connectivity index (χ0) is 32.3. The SMILES string of the molecule is C1=CC2c3c(oc4ccccc34)C=C(c3ccc(-c4nc(-c5ccc6ccccc6c5)nc(-c5ccc6ccccc6c5)n4)cc3)C2C=N1. The molecule has 2 aromatic heterocycles. The average molecular weight is 629 g/mol. The molecular weight excluding hydrogens is 601 g/mol. The summed E-state index contributed by atoms with van der Waals surface area (Å²) in [4.78, 5) is 19.7. The van der Waals surface area contributed by atoms with Crippen molar-refractivity contribution in [2.75, 3.05) is 0 Å². The van der Waals surface area contributed by atoms with E-state index in [2.05, 4.69) is 145 Å². The molecule has 6 aromatic carbocycles. The summed E-state index contributed by atoms with van der Waals surface area (Å²) in [5, 5.41) is 5.81. The van der Waals surface area contributed by atoms with Crippen LogP contribution in [0.15, 0.2) is 155 Å². The van der Waals surface area contributed by atoms with Crippen molar-refractivity contribution in [1.29, 1.82) is 0 Å². The van der Waals surface area contributed by atoms with E-state index < -0.39 is 0 Å². The zero-order valence-corrected chi connectivity index (χ0v) is 26.4. The predicted molar refractivity (Wildman–Crippen MR) is 199 cm³/mol. The lowest BCUT2D eigenvalue weighted by Crippen LogP contribution is -2.20. The maximum atomic E-state index is 6.37. The Hall–Kier alpha value is -6.46. The number of aromatic nitrogens is 3. The highest BCUT2D eigenvalue weighted by molar-refractivity contribution is 5.99. The molecule has 0 spiro atoms. The molecule has 10 rings (SSSR count). The van der Waals surface area contributed by atoms with Crippen molar-refractivity contribution in [3.8, 4) is 34.2 Å². The van der Waals surface area contributed by atoms with Gasteiger partial charge in [0, 0.05) is 51.9 Å². The second-order valence-electron chi connectivity index (χ2n) is 12.7. The first kappa shape index (κ1) is 27.6. The molecule has 1 aliphatic carbocycles. The van der Waals surface area contributed by atoms with Crippen LogP contribution in [0.25, 0.3) is 78.3 Å². The van der Waals surface area contributed by atoms with Gasteiger partial charge in [0.1, 0.15) is 11.3 Å². The maximum absolute atomic E-state index is 6.37. The van der Waals surface area contributed by atoms with Crippen LogP contribution in [-0.2, 0) is 0 Å². The molecule has 2 atom stereocenters. The Bertz CT molecular complexity index is 2580. The topological polar surface area (TPSA) is 64.2 Å². The van der Waals surface area contributed by atoms with Gasteiger partial charge in [0.2, 0.25) is 0 Å². The standard InChI is InChI=1S/C44H28N4O/c1-3-9-31-23-33(19-13-27(31)7-1)43-46-42(47-44(48-43)34-20-14-28-8-2-4-10-32(28)24-34)30-17-15-29(16-18-30)37-25-40-41(35-21-22-45-26-38(35)37)36-11-5-6-12-39(36)49-40/h1-26,35,38H. The fourth-order valence-corrected chi connectivity index (χ4v) is 7.33. The van der Waals surface area contributed by atoms with Gasteiger partial charge in [-0.3, -0.25) is 4.99 Å². The molecule has 2 aliphatic rings. The highest BCUT2D eigenvalue weighted by Crippen LogP contribution is 2.48. The summed E-state index contributed by atoms with van der Waals surface area (Å²) in [6, 6.07) is 46.3. The third-order valence-electron chi connectivity index (χ3n) is 9.78. The summed E-state index contributed by atoms with van der Waals surface area (Å²) in [5.41, 5.74) is 7.26. The van der Waals surface area contributed by atoms with Crippen molar-refractivity contribution in [1.82, 2.24) is 15.0 Å². The number of hydrogen-bond acceptors (Lipinski definition) is 5. The molecule has 0 saturated carbocycles. The van der Waals surface area contributed by atoms with Gasteiger partial charge in [0.05, 0.1) is 0 Å². The normalized spacial score (nSPS) is 16.5. The lowest BCUT2D eigenvalue weighted by atomic mass is 9.74. The summed E-state index contributed by atoms with van der Waals surface area (Å²) < 4.78 is 6.37. The number of furan rings is 1. The Labute approximate surface area is 282 Å². The fourth-order valence-electron chi connectivity index (χ4n) is 7.33. The smallest absolute Gasteiger partial charge is 0.164 e. The van der Waals surface area contributed by atoms with Crippen molar-refractivity contribution < 1.29 is 4.42 Å². The van der Waals surface area contributed by atoms with Gasteiger partial charge in [0.15, 0.2) is 17.5 Å². The highest BCUT2D eigenvalue weighted by atomic mass is 16.3. The molecule has 0 amide bonds. The van der Waals surface area contributed by atoms with Crippen LogP contribution in [0.2, 0.25) is 0 Å². The number of fused-ring (bicyclic) bond motifs is 7. The lowest BCUT2D eigenvalue weighted by molar-refractivity contribution is 0.586. The molecule has 8 aromatic rings. The van der Waals surface area contributed by atoms with Gasteiger partial charge < -0.3 is 4.42 Å². The van der Waals surface area contributed by atoms with Crippen LogP contribution in [0, 0.1) is 5.92 Å². The number of rotatable bonds is 4. The number of hydrogen-bond donors (Lipinski definition) is 0. The van der Waals surface area contributed by atoms with Crippen LogP contribution < -0.4 is 0 Å². The summed E-state index contributed by atoms with van der Waals surface area (Å²) in [6.45, 7) is 0. The predicted octanol–water partition coefficient (Wildman–Crippen LogP) is 10.8. The third kappa shape index (κ3) is 4.70. The van der Waals surface area contributed by atoms with Gasteiger partial charge in [-0.05, 0) is 57.0 Å². The second kappa shape index (κ2) is 11.1. The van der Waals surface area contributed by atoms with Crippen LogP contribution >= 0.6 is 0 Å². The molecular formula is C44H28N4O. The molecule has 0 bridgehead atoms. The summed E-state index contributed by atoms with van der Waals surface area (Å²) >= 11 is 0. The van der Waals surface area contributed by atoms with E-state index in [1.807, 2.05) is 18.3 Å². The summed E-state index contributed by atoms with van der Waals surface area (Å²) in [7, 11) is 0. The number of allylic oxidation sites excluding steroid dienone is 2. The second-order valence-corrected chi connectivity index (χ2v) is 12.7. The highest BCUT2D eigenvalue weighted by Gasteiger charge is 2.34. The number of para-hydroxylation sites is 1. The minimum absolute atomic E-state index is 0.112. The van der Waals surface area contributed by atoms with Crippen molar-refractivity contribution in [2.24, 2.45) is 10.9 Å². The van der Waals surface area contributed by atoms with Gasteiger partial charge in [-0.1, -0.05) is 121 Å². The van der Waals surface area contributed by atoms with Crippen molar-refractivity contribution >= 4 is 50.4 Å². The van der Waals surface area contributed by atoms with Crippen LogP contribution in [0.1, 0.15) is 22.8 Å². The molecule has 3 heterocycles.